The first-order valence-corrected chi connectivity index (χ1v) is 3.80. The van der Waals surface area contributed by atoms with Gasteiger partial charge in [-0.15, -0.1) is 0 Å². The average molecular weight is 180 g/mol. The molecule has 0 radical (unpaired) electrons. The summed E-state index contributed by atoms with van der Waals surface area (Å²) in [5, 5.41) is 0.000000000000000222. The summed E-state index contributed by atoms with van der Waals surface area (Å²) in [6, 6.07) is 10.0. The van der Waals surface area contributed by atoms with Crippen molar-refractivity contribution in [1.29, 1.82) is 0 Å². The Labute approximate surface area is 77.9 Å². The molecular formula is C9H12N2S. The Morgan fingerprint density at radius 1 is 1.25 bits per heavy atom. The normalized spacial score (nSPS) is 7.67. The van der Waals surface area contributed by atoms with Gasteiger partial charge in [-0.25, -0.2) is 0 Å². The summed E-state index contributed by atoms with van der Waals surface area (Å²) >= 11 is 4.09. The molecule has 0 spiro atoms. The van der Waals surface area contributed by atoms with Crippen LogP contribution in [0.3, 0.4) is 0 Å². The number of thiocarbonyl (C=S) groups is 1. The van der Waals surface area contributed by atoms with E-state index >= 15 is 0 Å². The van der Waals surface area contributed by atoms with E-state index in [4.69, 9.17) is 0 Å². The van der Waals surface area contributed by atoms with E-state index in [2.05, 4.69) is 30.3 Å². The first kappa shape index (κ1) is 10.7. The standard InChI is InChI=1S/C8H8.CH4N2S/c1-2-8-6-4-3-5-7-8;2-1(3)4/h2-7H,1H2;(H4,2,3,4). The van der Waals surface area contributed by atoms with Gasteiger partial charge in [0.15, 0.2) is 5.11 Å². The number of rotatable bonds is 1. The molecule has 12 heavy (non-hydrogen) atoms. The van der Waals surface area contributed by atoms with Crippen molar-refractivity contribution in [3.8, 4) is 0 Å². The molecular weight excluding hydrogens is 168 g/mol. The van der Waals surface area contributed by atoms with Crippen LogP contribution in [0.4, 0.5) is 0 Å². The molecule has 0 atom stereocenters. The molecule has 1 rings (SSSR count). The van der Waals surface area contributed by atoms with E-state index in [1.807, 2.05) is 36.4 Å². The topological polar surface area (TPSA) is 52.0 Å². The van der Waals surface area contributed by atoms with Gasteiger partial charge in [0.05, 0.1) is 0 Å². The summed E-state index contributed by atoms with van der Waals surface area (Å²) < 4.78 is 0. The fourth-order valence-corrected chi connectivity index (χ4v) is 0.589. The zero-order chi connectivity index (χ0) is 9.40. The van der Waals surface area contributed by atoms with E-state index in [1.54, 1.807) is 0 Å². The second-order valence-electron chi connectivity index (χ2n) is 2.02. The van der Waals surface area contributed by atoms with Crippen molar-refractivity contribution in [2.75, 3.05) is 0 Å². The second kappa shape index (κ2) is 6.37. The summed E-state index contributed by atoms with van der Waals surface area (Å²) in [4.78, 5) is 0. The fraction of sp³-hybridized carbons (Fsp3) is 0. The third-order valence-corrected chi connectivity index (χ3v) is 1.04. The minimum Gasteiger partial charge on any atom is -0.377 e. The van der Waals surface area contributed by atoms with E-state index in [0.717, 1.165) is 0 Å². The molecule has 64 valence electrons. The zero-order valence-corrected chi connectivity index (χ0v) is 7.55. The maximum absolute atomic E-state index is 4.62. The number of hydrogen-bond donors (Lipinski definition) is 2. The van der Waals surface area contributed by atoms with Gasteiger partial charge >= 0.3 is 0 Å². The van der Waals surface area contributed by atoms with Gasteiger partial charge < -0.3 is 11.5 Å². The van der Waals surface area contributed by atoms with Crippen molar-refractivity contribution in [2.24, 2.45) is 11.5 Å². The van der Waals surface area contributed by atoms with Crippen LogP contribution in [-0.4, -0.2) is 5.11 Å². The van der Waals surface area contributed by atoms with Crippen molar-refractivity contribution in [3.05, 3.63) is 42.5 Å². The predicted molar refractivity (Wildman–Crippen MR) is 57.5 cm³/mol. The largest absolute Gasteiger partial charge is 0.377 e. The molecule has 0 bridgehead atoms. The minimum atomic E-state index is 0.000000000000000222. The minimum absolute atomic E-state index is 0.000000000000000222. The fourth-order valence-electron chi connectivity index (χ4n) is 0.589. The molecule has 0 heterocycles. The highest BCUT2D eigenvalue weighted by atomic mass is 32.1. The summed E-state index contributed by atoms with van der Waals surface area (Å²) in [7, 11) is 0. The Morgan fingerprint density at radius 3 is 1.92 bits per heavy atom. The van der Waals surface area contributed by atoms with Gasteiger partial charge in [0.25, 0.3) is 0 Å². The molecule has 0 fully saturated rings. The Morgan fingerprint density at radius 2 is 1.67 bits per heavy atom. The molecule has 0 aliphatic carbocycles. The van der Waals surface area contributed by atoms with Crippen molar-refractivity contribution in [2.45, 2.75) is 0 Å². The second-order valence-corrected chi connectivity index (χ2v) is 2.49. The smallest absolute Gasteiger partial charge is 0.160 e. The molecule has 0 aliphatic rings. The molecule has 1 aromatic carbocycles. The number of hydrogen-bond acceptors (Lipinski definition) is 1. The summed E-state index contributed by atoms with van der Waals surface area (Å²) in [6.07, 6.45) is 1.83. The van der Waals surface area contributed by atoms with Gasteiger partial charge in [-0.1, -0.05) is 43.0 Å². The molecule has 0 unspecified atom stereocenters. The van der Waals surface area contributed by atoms with Crippen LogP contribution in [0.25, 0.3) is 6.08 Å². The van der Waals surface area contributed by atoms with Gasteiger partial charge in [-0.05, 0) is 17.8 Å². The predicted octanol–water partition coefficient (Wildman–Crippen LogP) is 1.52. The Kier molecular flexibility index (Phi) is 5.65. The third-order valence-electron chi connectivity index (χ3n) is 1.04. The van der Waals surface area contributed by atoms with Crippen LogP contribution in [0.15, 0.2) is 36.9 Å². The molecule has 0 saturated heterocycles. The SMILES string of the molecule is C=Cc1ccccc1.NC(N)=S. The Bertz CT molecular complexity index is 240. The molecule has 0 aliphatic heterocycles. The van der Waals surface area contributed by atoms with Crippen LogP contribution < -0.4 is 11.5 Å². The van der Waals surface area contributed by atoms with E-state index in [9.17, 15) is 0 Å². The average Bonchev–Trinajstić information content (AvgIpc) is 2.05. The highest BCUT2D eigenvalue weighted by Crippen LogP contribution is 1.97. The van der Waals surface area contributed by atoms with Gasteiger partial charge in [0, 0.05) is 0 Å². The van der Waals surface area contributed by atoms with Crippen molar-refractivity contribution in [3.63, 3.8) is 0 Å². The van der Waals surface area contributed by atoms with E-state index in [0.29, 0.717) is 0 Å². The molecule has 0 aromatic heterocycles. The lowest BCUT2D eigenvalue weighted by atomic mass is 10.2. The summed E-state index contributed by atoms with van der Waals surface area (Å²) in [6.45, 7) is 3.63. The van der Waals surface area contributed by atoms with Crippen LogP contribution in [0.2, 0.25) is 0 Å². The molecule has 1 aromatic rings. The van der Waals surface area contributed by atoms with Crippen LogP contribution in [0, 0.1) is 0 Å². The lowest BCUT2D eigenvalue weighted by molar-refractivity contribution is 1.65. The Balaban J connectivity index is 0.000000261. The van der Waals surface area contributed by atoms with Crippen molar-refractivity contribution < 1.29 is 0 Å². The quantitative estimate of drug-likeness (QED) is 0.644. The third kappa shape index (κ3) is 6.77. The van der Waals surface area contributed by atoms with Gasteiger partial charge in [-0.3, -0.25) is 0 Å². The number of nitrogens with two attached hydrogens (primary N) is 2. The summed E-state index contributed by atoms with van der Waals surface area (Å²) in [5.41, 5.74) is 10.4. The monoisotopic (exact) mass is 180 g/mol. The van der Waals surface area contributed by atoms with Crippen molar-refractivity contribution in [1.82, 2.24) is 0 Å². The number of benzene rings is 1. The van der Waals surface area contributed by atoms with Crippen LogP contribution in [0.1, 0.15) is 5.56 Å². The maximum atomic E-state index is 4.62. The lowest BCUT2D eigenvalue weighted by Gasteiger charge is -1.85. The van der Waals surface area contributed by atoms with Gasteiger partial charge in [0.1, 0.15) is 0 Å². The highest BCUT2D eigenvalue weighted by Gasteiger charge is 1.75. The van der Waals surface area contributed by atoms with Crippen LogP contribution in [-0.2, 0) is 0 Å². The summed E-state index contributed by atoms with van der Waals surface area (Å²) in [5.74, 6) is 0. The van der Waals surface area contributed by atoms with E-state index in [1.165, 1.54) is 5.56 Å². The highest BCUT2D eigenvalue weighted by molar-refractivity contribution is 7.80. The Hall–Kier alpha value is -1.35. The maximum Gasteiger partial charge on any atom is 0.160 e. The molecule has 3 heteroatoms. The molecule has 0 amide bonds. The molecule has 2 nitrogen and oxygen atoms in total. The van der Waals surface area contributed by atoms with Gasteiger partial charge in [-0.2, -0.15) is 0 Å². The van der Waals surface area contributed by atoms with Crippen LogP contribution >= 0.6 is 12.2 Å². The van der Waals surface area contributed by atoms with E-state index < -0.39 is 0 Å². The van der Waals surface area contributed by atoms with Crippen LogP contribution in [0.5, 0.6) is 0 Å². The first-order chi connectivity index (χ1) is 5.66. The van der Waals surface area contributed by atoms with Crippen molar-refractivity contribution >= 4 is 23.4 Å². The molecule has 4 N–H and O–H groups in total. The van der Waals surface area contributed by atoms with E-state index in [-0.39, 0.29) is 5.11 Å². The first-order valence-electron chi connectivity index (χ1n) is 3.39. The zero-order valence-electron chi connectivity index (χ0n) is 6.73. The lowest BCUT2D eigenvalue weighted by Crippen LogP contribution is -2.18. The van der Waals surface area contributed by atoms with Gasteiger partial charge in [0.2, 0.25) is 0 Å². The molecule has 0 saturated carbocycles.